The first kappa shape index (κ1) is 13.1. The average molecular weight is 319 g/mol. The Hall–Kier alpha value is -0.320. The van der Waals surface area contributed by atoms with Crippen LogP contribution in [0.3, 0.4) is 0 Å². The van der Waals surface area contributed by atoms with Crippen LogP contribution < -0.4 is 10.2 Å². The van der Waals surface area contributed by atoms with Crippen molar-refractivity contribution < 1.29 is 0 Å². The molecule has 1 fully saturated rings. The highest BCUT2D eigenvalue weighted by Crippen LogP contribution is 2.28. The minimum atomic E-state index is 0.386. The maximum absolute atomic E-state index is 6.11. The Kier molecular flexibility index (Phi) is 4.65. The average Bonchev–Trinajstić information content (AvgIpc) is 2.57. The smallest absolute Gasteiger partial charge is 0.124 e. The van der Waals surface area contributed by atoms with Crippen molar-refractivity contribution in [3.05, 3.63) is 21.9 Å². The minimum absolute atomic E-state index is 0.386. The highest BCUT2D eigenvalue weighted by Gasteiger charge is 2.20. The number of nitrogens with zero attached hydrogens (tertiary/aromatic N) is 2. The topological polar surface area (TPSA) is 28.2 Å². The zero-order valence-corrected chi connectivity index (χ0v) is 12.3. The molecule has 0 aliphatic carbocycles. The van der Waals surface area contributed by atoms with Gasteiger partial charge in [0.1, 0.15) is 4.60 Å². The summed E-state index contributed by atoms with van der Waals surface area (Å²) in [6.45, 7) is 1.06. The fraction of sp³-hybridized carbons (Fsp3) is 0.583. The molecule has 1 N–H and O–H groups in total. The van der Waals surface area contributed by atoms with Crippen LogP contribution in [0.2, 0.25) is 5.02 Å². The summed E-state index contributed by atoms with van der Waals surface area (Å²) in [4.78, 5) is 6.63. The van der Waals surface area contributed by atoms with Crippen molar-refractivity contribution >= 4 is 33.2 Å². The molecule has 1 aromatic heterocycles. The van der Waals surface area contributed by atoms with Gasteiger partial charge in [-0.15, -0.1) is 0 Å². The van der Waals surface area contributed by atoms with Gasteiger partial charge in [-0.1, -0.05) is 18.0 Å². The van der Waals surface area contributed by atoms with E-state index in [-0.39, 0.29) is 0 Å². The van der Waals surface area contributed by atoms with E-state index in [1.807, 2.05) is 19.3 Å². The quantitative estimate of drug-likeness (QED) is 0.847. The van der Waals surface area contributed by atoms with Crippen LogP contribution in [0.25, 0.3) is 0 Å². The molecule has 0 bridgehead atoms. The van der Waals surface area contributed by atoms with Gasteiger partial charge in [0.05, 0.1) is 23.1 Å². The third-order valence-electron chi connectivity index (χ3n) is 3.20. The number of rotatable bonds is 2. The van der Waals surface area contributed by atoms with Crippen molar-refractivity contribution in [1.82, 2.24) is 10.3 Å². The molecule has 2 heterocycles. The third-order valence-corrected chi connectivity index (χ3v) is 4.35. The predicted octanol–water partition coefficient (Wildman–Crippen LogP) is 3.42. The number of hydrogen-bond acceptors (Lipinski definition) is 3. The maximum atomic E-state index is 6.11. The summed E-state index contributed by atoms with van der Waals surface area (Å²) in [5, 5.41) is 4.04. The number of hydrogen-bond donors (Lipinski definition) is 1. The van der Waals surface area contributed by atoms with Crippen LogP contribution in [0.5, 0.6) is 0 Å². The van der Waals surface area contributed by atoms with Crippen molar-refractivity contribution in [3.8, 4) is 0 Å². The normalized spacial score (nSPS) is 21.4. The molecule has 2 rings (SSSR count). The first-order valence-electron chi connectivity index (χ1n) is 5.97. The van der Waals surface area contributed by atoms with Crippen LogP contribution in [-0.2, 0) is 0 Å². The Balaban J connectivity index is 2.25. The van der Waals surface area contributed by atoms with Gasteiger partial charge in [-0.3, -0.25) is 0 Å². The fourth-order valence-corrected chi connectivity index (χ4v) is 2.66. The Morgan fingerprint density at radius 1 is 1.47 bits per heavy atom. The largest absolute Gasteiger partial charge is 0.355 e. The van der Waals surface area contributed by atoms with E-state index in [4.69, 9.17) is 11.6 Å². The zero-order chi connectivity index (χ0) is 12.3. The van der Waals surface area contributed by atoms with Gasteiger partial charge in [-0.2, -0.15) is 0 Å². The molecule has 5 heteroatoms. The molecule has 1 aliphatic rings. The Morgan fingerprint density at radius 3 is 3.00 bits per heavy atom. The Labute approximate surface area is 116 Å². The lowest BCUT2D eigenvalue weighted by atomic mass is 10.2. The second-order valence-corrected chi connectivity index (χ2v) is 5.47. The summed E-state index contributed by atoms with van der Waals surface area (Å²) in [7, 11) is 2.01. The van der Waals surface area contributed by atoms with Gasteiger partial charge >= 0.3 is 0 Å². The van der Waals surface area contributed by atoms with Gasteiger partial charge in [-0.25, -0.2) is 4.98 Å². The molecule has 0 amide bonds. The van der Waals surface area contributed by atoms with E-state index >= 15 is 0 Å². The number of halogens is 2. The SMILES string of the molecule is CNC1CCCCCN1c1cnc(Br)c(Cl)c1. The van der Waals surface area contributed by atoms with Crippen LogP contribution in [0, 0.1) is 0 Å². The molecule has 1 saturated heterocycles. The molecule has 0 radical (unpaired) electrons. The third kappa shape index (κ3) is 3.12. The van der Waals surface area contributed by atoms with E-state index in [9.17, 15) is 0 Å². The molecule has 0 saturated carbocycles. The van der Waals surface area contributed by atoms with Crippen LogP contribution in [0.1, 0.15) is 25.7 Å². The van der Waals surface area contributed by atoms with Crippen molar-refractivity contribution in [2.24, 2.45) is 0 Å². The van der Waals surface area contributed by atoms with Gasteiger partial charge in [0.15, 0.2) is 0 Å². The van der Waals surface area contributed by atoms with E-state index in [1.165, 1.54) is 25.7 Å². The lowest BCUT2D eigenvalue weighted by molar-refractivity contribution is 0.507. The van der Waals surface area contributed by atoms with Crippen molar-refractivity contribution in [3.63, 3.8) is 0 Å². The second kappa shape index (κ2) is 6.03. The van der Waals surface area contributed by atoms with E-state index < -0.39 is 0 Å². The van der Waals surface area contributed by atoms with E-state index in [1.54, 1.807) is 0 Å². The summed E-state index contributed by atoms with van der Waals surface area (Å²) in [6, 6.07) is 1.98. The van der Waals surface area contributed by atoms with Gasteiger partial charge in [0, 0.05) is 6.54 Å². The molecule has 3 nitrogen and oxygen atoms in total. The number of aromatic nitrogens is 1. The van der Waals surface area contributed by atoms with Gasteiger partial charge in [-0.05, 0) is 48.3 Å². The summed E-state index contributed by atoms with van der Waals surface area (Å²) in [5.74, 6) is 0. The first-order chi connectivity index (χ1) is 8.22. The molecule has 17 heavy (non-hydrogen) atoms. The van der Waals surface area contributed by atoms with Crippen LogP contribution in [0.15, 0.2) is 16.9 Å². The van der Waals surface area contributed by atoms with E-state index in [0.29, 0.717) is 15.8 Å². The van der Waals surface area contributed by atoms with Crippen molar-refractivity contribution in [2.75, 3.05) is 18.5 Å². The standard InChI is InChI=1S/C12H17BrClN3/c1-15-11-5-3-2-4-6-17(11)9-7-10(14)12(13)16-8-9/h7-8,11,15H,2-6H2,1H3. The maximum Gasteiger partial charge on any atom is 0.124 e. The molecule has 1 unspecified atom stereocenters. The van der Waals surface area contributed by atoms with Crippen LogP contribution >= 0.6 is 27.5 Å². The van der Waals surface area contributed by atoms with Gasteiger partial charge < -0.3 is 10.2 Å². The zero-order valence-electron chi connectivity index (χ0n) is 9.92. The monoisotopic (exact) mass is 317 g/mol. The lowest BCUT2D eigenvalue weighted by Crippen LogP contribution is -2.43. The number of pyridine rings is 1. The molecule has 1 aliphatic heterocycles. The van der Waals surface area contributed by atoms with E-state index in [2.05, 4.69) is 31.1 Å². The summed E-state index contributed by atoms with van der Waals surface area (Å²) >= 11 is 9.43. The Bertz CT molecular complexity index is 386. The minimum Gasteiger partial charge on any atom is -0.355 e. The molecule has 0 spiro atoms. The molecular formula is C12H17BrClN3. The molecular weight excluding hydrogens is 302 g/mol. The van der Waals surface area contributed by atoms with Crippen molar-refractivity contribution in [2.45, 2.75) is 31.8 Å². The first-order valence-corrected chi connectivity index (χ1v) is 7.14. The highest BCUT2D eigenvalue weighted by molar-refractivity contribution is 9.10. The highest BCUT2D eigenvalue weighted by atomic mass is 79.9. The predicted molar refractivity (Wildman–Crippen MR) is 75.6 cm³/mol. The van der Waals surface area contributed by atoms with Crippen LogP contribution in [-0.4, -0.2) is 24.7 Å². The van der Waals surface area contributed by atoms with E-state index in [0.717, 1.165) is 12.2 Å². The second-order valence-electron chi connectivity index (χ2n) is 4.31. The fourth-order valence-electron chi connectivity index (χ4n) is 2.29. The van der Waals surface area contributed by atoms with Crippen molar-refractivity contribution in [1.29, 1.82) is 0 Å². The number of nitrogens with one attached hydrogen (secondary N) is 1. The summed E-state index contributed by atoms with van der Waals surface area (Å²) in [6.07, 6.45) is 7.24. The number of anilines is 1. The lowest BCUT2D eigenvalue weighted by Gasteiger charge is -2.31. The molecule has 94 valence electrons. The summed E-state index contributed by atoms with van der Waals surface area (Å²) in [5.41, 5.74) is 1.10. The van der Waals surface area contributed by atoms with Crippen LogP contribution in [0.4, 0.5) is 5.69 Å². The molecule has 0 aromatic carbocycles. The molecule has 1 atom stereocenters. The van der Waals surface area contributed by atoms with Gasteiger partial charge in [0.2, 0.25) is 0 Å². The molecule has 1 aromatic rings. The summed E-state index contributed by atoms with van der Waals surface area (Å²) < 4.78 is 0.707. The Morgan fingerprint density at radius 2 is 2.29 bits per heavy atom. The van der Waals surface area contributed by atoms with Gasteiger partial charge in [0.25, 0.3) is 0 Å².